The summed E-state index contributed by atoms with van der Waals surface area (Å²) in [5, 5.41) is 10.9. The molecular weight excluding hydrogens is 349 g/mol. The molecule has 0 aromatic heterocycles. The van der Waals surface area contributed by atoms with Crippen LogP contribution in [0, 0.1) is 21.8 Å². The van der Waals surface area contributed by atoms with Gasteiger partial charge in [0.05, 0.1) is 4.92 Å². The molecule has 1 rings (SSSR count). The lowest BCUT2D eigenvalue weighted by Gasteiger charge is -2.21. The quantitative estimate of drug-likeness (QED) is 0.585. The molecule has 23 heavy (non-hydrogen) atoms. The maximum Gasteiger partial charge on any atom is 0.324 e. The summed E-state index contributed by atoms with van der Waals surface area (Å²) in [6.45, 7) is 3.92. The molecule has 10 heteroatoms. The number of nitro groups is 1. The molecule has 0 saturated heterocycles. The van der Waals surface area contributed by atoms with Gasteiger partial charge in [-0.3, -0.25) is 10.1 Å². The Labute approximate surface area is 141 Å². The molecule has 0 heterocycles. The molecule has 0 aliphatic heterocycles. The molecule has 1 aromatic rings. The smallest absolute Gasteiger partial charge is 0.324 e. The summed E-state index contributed by atoms with van der Waals surface area (Å²) in [7, 11) is -2.87. The highest BCUT2D eigenvalue weighted by Crippen LogP contribution is 2.28. The van der Waals surface area contributed by atoms with Crippen molar-refractivity contribution in [1.82, 2.24) is 4.31 Å². The minimum absolute atomic E-state index is 0. The van der Waals surface area contributed by atoms with E-state index in [0.717, 1.165) is 22.5 Å². The number of halogens is 2. The second-order valence-electron chi connectivity index (χ2n) is 5.37. The SMILES string of the molecule is CC(C)C(N)CCN(C)S(=O)(=O)c1cccc(F)c1[N+](=O)[O-].Cl. The normalized spacial score (nSPS) is 13.0. The van der Waals surface area contributed by atoms with Crippen LogP contribution in [0.25, 0.3) is 0 Å². The maximum atomic E-state index is 13.6. The standard InChI is InChI=1S/C13H20FN3O4S.ClH/c1-9(2)11(15)7-8-16(3)22(20,21)12-6-4-5-10(14)13(12)17(18)19;/h4-6,9,11H,7-8,15H2,1-3H3;1H. The van der Waals surface area contributed by atoms with E-state index in [0.29, 0.717) is 6.42 Å². The molecule has 0 amide bonds. The average Bonchev–Trinajstić information content (AvgIpc) is 2.43. The lowest BCUT2D eigenvalue weighted by Crippen LogP contribution is -2.35. The highest BCUT2D eigenvalue weighted by molar-refractivity contribution is 7.89. The van der Waals surface area contributed by atoms with Gasteiger partial charge in [-0.15, -0.1) is 12.4 Å². The summed E-state index contributed by atoms with van der Waals surface area (Å²) < 4.78 is 39.3. The van der Waals surface area contributed by atoms with Crippen LogP contribution in [0.15, 0.2) is 23.1 Å². The highest BCUT2D eigenvalue weighted by atomic mass is 35.5. The molecule has 0 spiro atoms. The van der Waals surface area contributed by atoms with E-state index in [-0.39, 0.29) is 30.9 Å². The van der Waals surface area contributed by atoms with Gasteiger partial charge in [-0.05, 0) is 24.5 Å². The van der Waals surface area contributed by atoms with Gasteiger partial charge >= 0.3 is 5.69 Å². The molecule has 0 aliphatic rings. The number of nitrogens with zero attached hydrogens (tertiary/aromatic N) is 2. The molecular formula is C13H21ClFN3O4S. The third kappa shape index (κ3) is 5.10. The number of para-hydroxylation sites is 1. The Balaban J connectivity index is 0.00000484. The van der Waals surface area contributed by atoms with Crippen LogP contribution < -0.4 is 5.73 Å². The summed E-state index contributed by atoms with van der Waals surface area (Å²) in [6, 6.07) is 2.81. The van der Waals surface area contributed by atoms with Gasteiger partial charge in [-0.1, -0.05) is 19.9 Å². The first kappa shape index (κ1) is 21.7. The number of hydrogen-bond donors (Lipinski definition) is 1. The summed E-state index contributed by atoms with van der Waals surface area (Å²) in [4.78, 5) is 9.24. The fourth-order valence-corrected chi connectivity index (χ4v) is 3.18. The van der Waals surface area contributed by atoms with E-state index in [1.54, 1.807) is 0 Å². The molecule has 132 valence electrons. The van der Waals surface area contributed by atoms with E-state index < -0.39 is 31.3 Å². The zero-order chi connectivity index (χ0) is 17.1. The third-order valence-corrected chi connectivity index (χ3v) is 5.34. The molecule has 1 unspecified atom stereocenters. The van der Waals surface area contributed by atoms with Gasteiger partial charge in [0.15, 0.2) is 4.90 Å². The lowest BCUT2D eigenvalue weighted by molar-refractivity contribution is -0.390. The third-order valence-electron chi connectivity index (χ3n) is 3.45. The van der Waals surface area contributed by atoms with Crippen LogP contribution in [0.4, 0.5) is 10.1 Å². The maximum absolute atomic E-state index is 13.6. The van der Waals surface area contributed by atoms with Gasteiger partial charge < -0.3 is 5.73 Å². The van der Waals surface area contributed by atoms with Crippen molar-refractivity contribution in [2.24, 2.45) is 11.7 Å². The number of rotatable bonds is 7. The fourth-order valence-electron chi connectivity index (χ4n) is 1.83. The molecule has 1 aromatic carbocycles. The van der Waals surface area contributed by atoms with Crippen molar-refractivity contribution in [3.63, 3.8) is 0 Å². The van der Waals surface area contributed by atoms with Gasteiger partial charge in [0, 0.05) is 19.6 Å². The molecule has 1 atom stereocenters. The van der Waals surface area contributed by atoms with E-state index in [2.05, 4.69) is 0 Å². The van der Waals surface area contributed by atoms with Crippen molar-refractivity contribution >= 4 is 28.1 Å². The second kappa shape index (κ2) is 8.53. The fraction of sp³-hybridized carbons (Fsp3) is 0.538. The Morgan fingerprint density at radius 1 is 1.39 bits per heavy atom. The monoisotopic (exact) mass is 369 g/mol. The van der Waals surface area contributed by atoms with Crippen molar-refractivity contribution in [1.29, 1.82) is 0 Å². The Bertz CT molecular complexity index is 655. The highest BCUT2D eigenvalue weighted by Gasteiger charge is 2.32. The van der Waals surface area contributed by atoms with Crippen molar-refractivity contribution < 1.29 is 17.7 Å². The zero-order valence-electron chi connectivity index (χ0n) is 13.1. The van der Waals surface area contributed by atoms with Crippen molar-refractivity contribution in [2.45, 2.75) is 31.2 Å². The predicted octanol–water partition coefficient (Wildman–Crippen LogP) is 2.15. The van der Waals surface area contributed by atoms with E-state index in [4.69, 9.17) is 5.73 Å². The number of benzene rings is 1. The number of nitrogens with two attached hydrogens (primary N) is 1. The minimum atomic E-state index is -4.16. The Morgan fingerprint density at radius 3 is 2.43 bits per heavy atom. The predicted molar refractivity (Wildman–Crippen MR) is 87.5 cm³/mol. The lowest BCUT2D eigenvalue weighted by atomic mass is 10.0. The second-order valence-corrected chi connectivity index (χ2v) is 7.38. The van der Waals surface area contributed by atoms with E-state index >= 15 is 0 Å². The van der Waals surface area contributed by atoms with Gasteiger partial charge in [-0.25, -0.2) is 12.7 Å². The topological polar surface area (TPSA) is 107 Å². The summed E-state index contributed by atoms with van der Waals surface area (Å²) in [5.74, 6) is -1.00. The first-order chi connectivity index (χ1) is 10.1. The molecule has 2 N–H and O–H groups in total. The molecule has 0 saturated carbocycles. The van der Waals surface area contributed by atoms with Gasteiger partial charge in [0.1, 0.15) is 0 Å². The summed E-state index contributed by atoms with van der Waals surface area (Å²) >= 11 is 0. The van der Waals surface area contributed by atoms with E-state index in [9.17, 15) is 22.9 Å². The molecule has 7 nitrogen and oxygen atoms in total. The zero-order valence-corrected chi connectivity index (χ0v) is 14.7. The summed E-state index contributed by atoms with van der Waals surface area (Å²) in [6.07, 6.45) is 0.399. The Morgan fingerprint density at radius 2 is 1.96 bits per heavy atom. The van der Waals surface area contributed by atoms with Crippen LogP contribution in [0.2, 0.25) is 0 Å². The molecule has 0 radical (unpaired) electrons. The number of nitro benzene ring substituents is 1. The largest absolute Gasteiger partial charge is 0.327 e. The van der Waals surface area contributed by atoms with E-state index in [1.807, 2.05) is 13.8 Å². The van der Waals surface area contributed by atoms with Gasteiger partial charge in [0.2, 0.25) is 15.8 Å². The van der Waals surface area contributed by atoms with Gasteiger partial charge in [0.25, 0.3) is 0 Å². The first-order valence-electron chi connectivity index (χ1n) is 6.73. The van der Waals surface area contributed by atoms with Crippen LogP contribution in [0.5, 0.6) is 0 Å². The van der Waals surface area contributed by atoms with Crippen LogP contribution in [0.3, 0.4) is 0 Å². The molecule has 0 aliphatic carbocycles. The minimum Gasteiger partial charge on any atom is -0.327 e. The molecule has 0 bridgehead atoms. The van der Waals surface area contributed by atoms with Crippen LogP contribution in [-0.4, -0.2) is 37.3 Å². The Hall–Kier alpha value is -1.29. The van der Waals surface area contributed by atoms with Crippen molar-refractivity contribution in [3.05, 3.63) is 34.1 Å². The Kier molecular flexibility index (Phi) is 8.05. The first-order valence-corrected chi connectivity index (χ1v) is 8.17. The average molecular weight is 370 g/mol. The summed E-state index contributed by atoms with van der Waals surface area (Å²) in [5.41, 5.74) is 4.82. The van der Waals surface area contributed by atoms with Gasteiger partial charge in [-0.2, -0.15) is 4.39 Å². The van der Waals surface area contributed by atoms with Crippen LogP contribution >= 0.6 is 12.4 Å². The van der Waals surface area contributed by atoms with E-state index in [1.165, 1.54) is 7.05 Å². The number of sulfonamides is 1. The molecule has 0 fully saturated rings. The van der Waals surface area contributed by atoms with Crippen molar-refractivity contribution in [3.8, 4) is 0 Å². The van der Waals surface area contributed by atoms with Crippen LogP contribution in [-0.2, 0) is 10.0 Å². The van der Waals surface area contributed by atoms with Crippen LogP contribution in [0.1, 0.15) is 20.3 Å². The number of hydrogen-bond acceptors (Lipinski definition) is 5. The van der Waals surface area contributed by atoms with Crippen molar-refractivity contribution in [2.75, 3.05) is 13.6 Å².